The number of furan rings is 1. The minimum atomic E-state index is -1.12. The number of rotatable bonds is 3. The van der Waals surface area contributed by atoms with E-state index in [9.17, 15) is 4.79 Å². The predicted octanol–water partition coefficient (Wildman–Crippen LogP) is 1.53. The van der Waals surface area contributed by atoms with E-state index in [2.05, 4.69) is 0 Å². The number of carboxylic acids is 1. The van der Waals surface area contributed by atoms with Gasteiger partial charge in [0, 0.05) is 10.9 Å². The van der Waals surface area contributed by atoms with E-state index in [1.54, 1.807) is 18.2 Å². The van der Waals surface area contributed by atoms with Crippen molar-refractivity contribution in [2.75, 3.05) is 7.11 Å². The first-order valence-corrected chi connectivity index (χ1v) is 4.67. The maximum absolute atomic E-state index is 10.8. The Kier molecular flexibility index (Phi) is 2.54. The van der Waals surface area contributed by atoms with Gasteiger partial charge in [-0.15, -0.1) is 0 Å². The quantitative estimate of drug-likeness (QED) is 0.820. The van der Waals surface area contributed by atoms with Crippen molar-refractivity contribution < 1.29 is 19.1 Å². The lowest BCUT2D eigenvalue weighted by molar-refractivity contribution is -0.138. The first kappa shape index (κ1) is 10.5. The molecule has 0 radical (unpaired) electrons. The van der Waals surface area contributed by atoms with Gasteiger partial charge in [0.2, 0.25) is 0 Å². The molecule has 0 bridgehead atoms. The molecule has 2 rings (SSSR count). The highest BCUT2D eigenvalue weighted by molar-refractivity contribution is 5.84. The van der Waals surface area contributed by atoms with Crippen LogP contribution >= 0.6 is 0 Å². The molecular weight excluding hydrogens is 210 g/mol. The molecule has 0 amide bonds. The molecule has 1 atom stereocenters. The van der Waals surface area contributed by atoms with Gasteiger partial charge in [-0.1, -0.05) is 0 Å². The van der Waals surface area contributed by atoms with Crippen LogP contribution in [0, 0.1) is 0 Å². The van der Waals surface area contributed by atoms with Crippen LogP contribution in [0.4, 0.5) is 0 Å². The van der Waals surface area contributed by atoms with Gasteiger partial charge < -0.3 is 20.0 Å². The van der Waals surface area contributed by atoms with E-state index in [0.29, 0.717) is 16.9 Å². The van der Waals surface area contributed by atoms with Gasteiger partial charge in [-0.05, 0) is 18.2 Å². The summed E-state index contributed by atoms with van der Waals surface area (Å²) in [4.78, 5) is 10.8. The first-order valence-electron chi connectivity index (χ1n) is 4.67. The van der Waals surface area contributed by atoms with Crippen LogP contribution in [0.25, 0.3) is 11.0 Å². The van der Waals surface area contributed by atoms with E-state index < -0.39 is 12.0 Å². The van der Waals surface area contributed by atoms with Gasteiger partial charge >= 0.3 is 5.97 Å². The van der Waals surface area contributed by atoms with Crippen molar-refractivity contribution in [1.29, 1.82) is 0 Å². The molecule has 1 unspecified atom stereocenters. The lowest BCUT2D eigenvalue weighted by atomic mass is 10.0. The Hall–Kier alpha value is -2.01. The van der Waals surface area contributed by atoms with E-state index in [4.69, 9.17) is 20.0 Å². The number of methoxy groups -OCH3 is 1. The van der Waals surface area contributed by atoms with Crippen LogP contribution in [-0.2, 0) is 4.79 Å². The van der Waals surface area contributed by atoms with Crippen LogP contribution in [0.3, 0.4) is 0 Å². The molecule has 16 heavy (non-hydrogen) atoms. The summed E-state index contributed by atoms with van der Waals surface area (Å²) in [5.74, 6) is -0.659. The van der Waals surface area contributed by atoms with Gasteiger partial charge in [-0.3, -0.25) is 4.79 Å². The lowest BCUT2D eigenvalue weighted by Gasteiger charge is -2.11. The zero-order valence-corrected chi connectivity index (χ0v) is 8.64. The van der Waals surface area contributed by atoms with Gasteiger partial charge in [0.15, 0.2) is 0 Å². The van der Waals surface area contributed by atoms with Crippen LogP contribution in [0.15, 0.2) is 28.9 Å². The average molecular weight is 221 g/mol. The van der Waals surface area contributed by atoms with Crippen molar-refractivity contribution in [3.05, 3.63) is 30.0 Å². The summed E-state index contributed by atoms with van der Waals surface area (Å²) < 4.78 is 10.3. The van der Waals surface area contributed by atoms with Gasteiger partial charge in [0.05, 0.1) is 13.4 Å². The van der Waals surface area contributed by atoms with Crippen molar-refractivity contribution in [2.45, 2.75) is 6.04 Å². The van der Waals surface area contributed by atoms with E-state index in [-0.39, 0.29) is 0 Å². The van der Waals surface area contributed by atoms with E-state index >= 15 is 0 Å². The summed E-state index contributed by atoms with van der Waals surface area (Å²) in [5.41, 5.74) is 6.54. The molecule has 0 aliphatic rings. The summed E-state index contributed by atoms with van der Waals surface area (Å²) in [7, 11) is 1.47. The lowest BCUT2D eigenvalue weighted by Crippen LogP contribution is -2.21. The number of carboxylic acid groups (broad SMARTS) is 1. The van der Waals surface area contributed by atoms with Crippen molar-refractivity contribution >= 4 is 16.9 Å². The second-order valence-corrected chi connectivity index (χ2v) is 3.37. The Labute approximate surface area is 91.4 Å². The molecule has 5 heteroatoms. The summed E-state index contributed by atoms with van der Waals surface area (Å²) in [6.45, 7) is 0. The zero-order valence-electron chi connectivity index (χ0n) is 8.64. The molecule has 84 valence electrons. The summed E-state index contributed by atoms with van der Waals surface area (Å²) in [6.07, 6.45) is 1.53. The van der Waals surface area contributed by atoms with Crippen molar-refractivity contribution in [3.63, 3.8) is 0 Å². The number of hydrogen-bond donors (Lipinski definition) is 2. The number of hydrogen-bond acceptors (Lipinski definition) is 4. The standard InChI is InChI=1S/C11H11NO4/c1-15-9-4-6-2-3-16-8(6)5-7(9)10(12)11(13)14/h2-5,10H,12H2,1H3,(H,13,14). The third-order valence-corrected chi connectivity index (χ3v) is 2.41. The SMILES string of the molecule is COc1cc2ccoc2cc1C(N)C(=O)O. The molecule has 0 aliphatic carbocycles. The molecule has 1 aromatic heterocycles. The molecule has 0 saturated carbocycles. The van der Waals surface area contributed by atoms with Crippen LogP contribution in [-0.4, -0.2) is 18.2 Å². The molecule has 0 spiro atoms. The fraction of sp³-hybridized carbons (Fsp3) is 0.182. The second kappa shape index (κ2) is 3.86. The van der Waals surface area contributed by atoms with Crippen molar-refractivity contribution in [1.82, 2.24) is 0 Å². The summed E-state index contributed by atoms with van der Waals surface area (Å²) in [6, 6.07) is 3.95. The Morgan fingerprint density at radius 2 is 2.31 bits per heavy atom. The third-order valence-electron chi connectivity index (χ3n) is 2.41. The Morgan fingerprint density at radius 1 is 1.56 bits per heavy atom. The predicted molar refractivity (Wildman–Crippen MR) is 57.3 cm³/mol. The molecule has 0 fully saturated rings. The van der Waals surface area contributed by atoms with Gasteiger partial charge in [0.1, 0.15) is 17.4 Å². The number of benzene rings is 1. The molecule has 1 heterocycles. The smallest absolute Gasteiger partial charge is 0.325 e. The number of aliphatic carboxylic acids is 1. The Balaban J connectivity index is 2.61. The molecule has 1 aromatic carbocycles. The number of ether oxygens (including phenoxy) is 1. The summed E-state index contributed by atoms with van der Waals surface area (Å²) >= 11 is 0. The van der Waals surface area contributed by atoms with Crippen molar-refractivity contribution in [3.8, 4) is 5.75 Å². The van der Waals surface area contributed by atoms with E-state index in [0.717, 1.165) is 5.39 Å². The minimum Gasteiger partial charge on any atom is -0.496 e. The fourth-order valence-corrected chi connectivity index (χ4v) is 1.56. The normalized spacial score (nSPS) is 12.6. The highest BCUT2D eigenvalue weighted by atomic mass is 16.5. The van der Waals surface area contributed by atoms with E-state index in [1.807, 2.05) is 0 Å². The number of fused-ring (bicyclic) bond motifs is 1. The molecular formula is C11H11NO4. The zero-order chi connectivity index (χ0) is 11.7. The molecule has 0 aliphatic heterocycles. The molecule has 0 saturated heterocycles. The maximum Gasteiger partial charge on any atom is 0.325 e. The van der Waals surface area contributed by atoms with Crippen LogP contribution in [0.2, 0.25) is 0 Å². The summed E-state index contributed by atoms with van der Waals surface area (Å²) in [5, 5.41) is 9.71. The Bertz CT molecular complexity index is 532. The topological polar surface area (TPSA) is 85.7 Å². The van der Waals surface area contributed by atoms with Crippen LogP contribution < -0.4 is 10.5 Å². The minimum absolute atomic E-state index is 0.400. The highest BCUT2D eigenvalue weighted by Gasteiger charge is 2.20. The molecule has 5 nitrogen and oxygen atoms in total. The molecule has 2 aromatic rings. The van der Waals surface area contributed by atoms with Crippen LogP contribution in [0.1, 0.15) is 11.6 Å². The first-order chi connectivity index (χ1) is 7.63. The number of carbonyl (C=O) groups is 1. The second-order valence-electron chi connectivity index (χ2n) is 3.37. The number of nitrogens with two attached hydrogens (primary N) is 1. The van der Waals surface area contributed by atoms with Crippen molar-refractivity contribution in [2.24, 2.45) is 5.73 Å². The largest absolute Gasteiger partial charge is 0.496 e. The highest BCUT2D eigenvalue weighted by Crippen LogP contribution is 2.30. The van der Waals surface area contributed by atoms with E-state index in [1.165, 1.54) is 13.4 Å². The fourth-order valence-electron chi connectivity index (χ4n) is 1.56. The third kappa shape index (κ3) is 1.61. The van der Waals surface area contributed by atoms with Gasteiger partial charge in [-0.2, -0.15) is 0 Å². The molecule has 3 N–H and O–H groups in total. The van der Waals surface area contributed by atoms with Crippen LogP contribution in [0.5, 0.6) is 5.75 Å². The monoisotopic (exact) mass is 221 g/mol. The van der Waals surface area contributed by atoms with Gasteiger partial charge in [0.25, 0.3) is 0 Å². The average Bonchev–Trinajstić information content (AvgIpc) is 2.72. The van der Waals surface area contributed by atoms with Gasteiger partial charge in [-0.25, -0.2) is 0 Å². The maximum atomic E-state index is 10.8. The Morgan fingerprint density at radius 3 is 2.94 bits per heavy atom.